The molecule has 0 spiro atoms. The van der Waals surface area contributed by atoms with Crippen LogP contribution in [0.25, 0.3) is 12.2 Å². The SMILES string of the molecule is CCC(C(=O)O)N1CC(=O)N(C(C)C)c2ccc(C=Cc3ccc(C(=N)N)cc3)cc2C1=O. The molecule has 1 aliphatic rings. The number of nitrogen functional groups attached to an aromatic ring is 1. The summed E-state index contributed by atoms with van der Waals surface area (Å²) < 4.78 is 0. The van der Waals surface area contributed by atoms with E-state index in [2.05, 4.69) is 0 Å². The second-order valence-electron chi connectivity index (χ2n) is 8.20. The molecule has 0 aromatic heterocycles. The highest BCUT2D eigenvalue weighted by Gasteiger charge is 2.38. The quantitative estimate of drug-likeness (QED) is 0.340. The van der Waals surface area contributed by atoms with Gasteiger partial charge in [-0.3, -0.25) is 15.0 Å². The van der Waals surface area contributed by atoms with E-state index in [-0.39, 0.29) is 30.8 Å². The lowest BCUT2D eigenvalue weighted by atomic mass is 10.0. The van der Waals surface area contributed by atoms with Crippen molar-refractivity contribution in [1.82, 2.24) is 4.90 Å². The molecule has 2 amide bonds. The van der Waals surface area contributed by atoms with Crippen molar-refractivity contribution >= 4 is 41.5 Å². The topological polar surface area (TPSA) is 128 Å². The summed E-state index contributed by atoms with van der Waals surface area (Å²) in [6, 6.07) is 11.1. The highest BCUT2D eigenvalue weighted by Crippen LogP contribution is 2.30. The van der Waals surface area contributed by atoms with Crippen LogP contribution >= 0.6 is 0 Å². The van der Waals surface area contributed by atoms with Gasteiger partial charge in [-0.15, -0.1) is 0 Å². The average molecular weight is 449 g/mol. The number of carbonyl (C=O) groups excluding carboxylic acids is 2. The molecule has 1 unspecified atom stereocenters. The zero-order valence-electron chi connectivity index (χ0n) is 18.9. The zero-order valence-corrected chi connectivity index (χ0v) is 18.9. The van der Waals surface area contributed by atoms with Gasteiger partial charge in [0.05, 0.1) is 11.3 Å². The molecule has 0 radical (unpaired) electrons. The van der Waals surface area contributed by atoms with Gasteiger partial charge < -0.3 is 20.6 Å². The van der Waals surface area contributed by atoms with Crippen LogP contribution in [0, 0.1) is 5.41 Å². The van der Waals surface area contributed by atoms with E-state index in [1.807, 2.05) is 44.2 Å². The van der Waals surface area contributed by atoms with E-state index in [9.17, 15) is 19.5 Å². The van der Waals surface area contributed by atoms with Gasteiger partial charge in [0.1, 0.15) is 18.4 Å². The number of hydrogen-bond donors (Lipinski definition) is 3. The molecule has 2 aromatic carbocycles. The minimum Gasteiger partial charge on any atom is -0.480 e. The summed E-state index contributed by atoms with van der Waals surface area (Å²) >= 11 is 0. The number of nitrogens with two attached hydrogens (primary N) is 1. The summed E-state index contributed by atoms with van der Waals surface area (Å²) in [5, 5.41) is 17.1. The molecule has 0 saturated carbocycles. The van der Waals surface area contributed by atoms with Gasteiger partial charge in [0.15, 0.2) is 0 Å². The van der Waals surface area contributed by atoms with Crippen molar-refractivity contribution in [1.29, 1.82) is 5.41 Å². The van der Waals surface area contributed by atoms with Crippen molar-refractivity contribution in [3.63, 3.8) is 0 Å². The van der Waals surface area contributed by atoms with Gasteiger partial charge in [-0.1, -0.05) is 49.4 Å². The first kappa shape index (κ1) is 23.7. The molecule has 1 heterocycles. The van der Waals surface area contributed by atoms with Crippen molar-refractivity contribution in [3.05, 3.63) is 64.7 Å². The summed E-state index contributed by atoms with van der Waals surface area (Å²) in [6.45, 7) is 5.10. The fourth-order valence-electron chi connectivity index (χ4n) is 3.93. The Kier molecular flexibility index (Phi) is 6.96. The van der Waals surface area contributed by atoms with Crippen LogP contribution in [0.1, 0.15) is 54.2 Å². The van der Waals surface area contributed by atoms with Crippen LogP contribution in [0.3, 0.4) is 0 Å². The Morgan fingerprint density at radius 2 is 1.73 bits per heavy atom. The number of aliphatic carboxylic acids is 1. The van der Waals surface area contributed by atoms with E-state index in [1.165, 1.54) is 0 Å². The molecule has 0 fully saturated rings. The number of carboxylic acid groups (broad SMARTS) is 1. The molecule has 33 heavy (non-hydrogen) atoms. The highest BCUT2D eigenvalue weighted by molar-refractivity contribution is 6.11. The molecule has 1 atom stereocenters. The highest BCUT2D eigenvalue weighted by atomic mass is 16.4. The first-order chi connectivity index (χ1) is 15.6. The van der Waals surface area contributed by atoms with E-state index >= 15 is 0 Å². The number of nitrogens with zero attached hydrogens (tertiary/aromatic N) is 2. The number of anilines is 1. The number of benzene rings is 2. The summed E-state index contributed by atoms with van der Waals surface area (Å²) in [6.07, 6.45) is 3.89. The largest absolute Gasteiger partial charge is 0.480 e. The Balaban J connectivity index is 2.02. The molecular formula is C25H28N4O4. The fourth-order valence-corrected chi connectivity index (χ4v) is 3.93. The van der Waals surface area contributed by atoms with Crippen LogP contribution in [0.15, 0.2) is 42.5 Å². The number of carboxylic acids is 1. The van der Waals surface area contributed by atoms with Crippen LogP contribution in [-0.4, -0.2) is 52.3 Å². The number of nitrogens with one attached hydrogen (secondary N) is 1. The minimum absolute atomic E-state index is 0.00431. The molecule has 0 aliphatic carbocycles. The van der Waals surface area contributed by atoms with Crippen LogP contribution < -0.4 is 10.6 Å². The average Bonchev–Trinajstić information content (AvgIpc) is 2.87. The predicted molar refractivity (Wildman–Crippen MR) is 128 cm³/mol. The van der Waals surface area contributed by atoms with E-state index in [1.54, 1.807) is 36.1 Å². The third kappa shape index (κ3) is 4.95. The minimum atomic E-state index is -1.14. The molecule has 8 heteroatoms. The first-order valence-electron chi connectivity index (χ1n) is 10.8. The lowest BCUT2D eigenvalue weighted by Crippen LogP contribution is -2.48. The second-order valence-corrected chi connectivity index (χ2v) is 8.20. The maximum absolute atomic E-state index is 13.4. The summed E-state index contributed by atoms with van der Waals surface area (Å²) in [7, 11) is 0. The van der Waals surface area contributed by atoms with Crippen LogP contribution in [-0.2, 0) is 9.59 Å². The number of amides is 2. The van der Waals surface area contributed by atoms with Gasteiger partial charge in [0, 0.05) is 11.6 Å². The standard InChI is InChI=1S/C25H28N4O4/c1-4-20(25(32)33)28-14-22(30)29(15(2)3)21-12-9-17(13-19(21)24(28)31)6-5-16-7-10-18(11-8-16)23(26)27/h5-13,15,20H,4,14H2,1-3H3,(H3,26,27)(H,32,33). The van der Waals surface area contributed by atoms with Gasteiger partial charge >= 0.3 is 5.97 Å². The van der Waals surface area contributed by atoms with Crippen LogP contribution in [0.4, 0.5) is 5.69 Å². The van der Waals surface area contributed by atoms with Crippen molar-refractivity contribution in [3.8, 4) is 0 Å². The normalized spacial score (nSPS) is 15.0. The maximum atomic E-state index is 13.4. The summed E-state index contributed by atoms with van der Waals surface area (Å²) in [4.78, 5) is 40.9. The van der Waals surface area contributed by atoms with Crippen LogP contribution in [0.2, 0.25) is 0 Å². The third-order valence-electron chi connectivity index (χ3n) is 5.60. The zero-order chi connectivity index (χ0) is 24.3. The maximum Gasteiger partial charge on any atom is 0.326 e. The van der Waals surface area contributed by atoms with Crippen molar-refractivity contribution in [2.45, 2.75) is 39.3 Å². The lowest BCUT2D eigenvalue weighted by Gasteiger charge is -2.28. The van der Waals surface area contributed by atoms with Gasteiger partial charge in [-0.2, -0.15) is 0 Å². The lowest BCUT2D eigenvalue weighted by molar-refractivity contribution is -0.142. The Labute approximate surface area is 192 Å². The summed E-state index contributed by atoms with van der Waals surface area (Å²) in [5.74, 6) is -1.93. The molecule has 3 rings (SSSR count). The van der Waals surface area contributed by atoms with Crippen molar-refractivity contribution < 1.29 is 19.5 Å². The Morgan fingerprint density at radius 3 is 2.27 bits per heavy atom. The number of rotatable bonds is 7. The monoisotopic (exact) mass is 448 g/mol. The Hall–Kier alpha value is -3.94. The van der Waals surface area contributed by atoms with Gasteiger partial charge in [-0.05, 0) is 43.5 Å². The molecule has 8 nitrogen and oxygen atoms in total. The van der Waals surface area contributed by atoms with Crippen molar-refractivity contribution in [2.75, 3.05) is 11.4 Å². The molecule has 1 aliphatic heterocycles. The molecular weight excluding hydrogens is 420 g/mol. The predicted octanol–water partition coefficient (Wildman–Crippen LogP) is 3.20. The third-order valence-corrected chi connectivity index (χ3v) is 5.60. The summed E-state index contributed by atoms with van der Waals surface area (Å²) in [5.41, 5.74) is 8.51. The number of hydrogen-bond acceptors (Lipinski definition) is 4. The molecule has 0 saturated heterocycles. The van der Waals surface area contributed by atoms with E-state index in [0.29, 0.717) is 16.8 Å². The van der Waals surface area contributed by atoms with Crippen LogP contribution in [0.5, 0.6) is 0 Å². The van der Waals surface area contributed by atoms with E-state index < -0.39 is 17.9 Å². The number of carbonyl (C=O) groups is 3. The van der Waals surface area contributed by atoms with Gasteiger partial charge in [-0.25, -0.2) is 4.79 Å². The molecule has 0 bridgehead atoms. The molecule has 172 valence electrons. The Bertz CT molecular complexity index is 1120. The van der Waals surface area contributed by atoms with Gasteiger partial charge in [0.25, 0.3) is 5.91 Å². The van der Waals surface area contributed by atoms with Gasteiger partial charge in [0.2, 0.25) is 5.91 Å². The van der Waals surface area contributed by atoms with E-state index in [0.717, 1.165) is 16.0 Å². The number of amidine groups is 1. The fraction of sp³-hybridized carbons (Fsp3) is 0.280. The Morgan fingerprint density at radius 1 is 1.12 bits per heavy atom. The number of fused-ring (bicyclic) bond motifs is 1. The second kappa shape index (κ2) is 9.68. The smallest absolute Gasteiger partial charge is 0.326 e. The molecule has 4 N–H and O–H groups in total. The van der Waals surface area contributed by atoms with E-state index in [4.69, 9.17) is 11.1 Å². The molecule has 2 aromatic rings. The van der Waals surface area contributed by atoms with Crippen molar-refractivity contribution in [2.24, 2.45) is 5.73 Å². The first-order valence-corrected chi connectivity index (χ1v) is 10.8.